The van der Waals surface area contributed by atoms with Crippen LogP contribution in [0.1, 0.15) is 36.9 Å². The molecule has 0 aliphatic carbocycles. The van der Waals surface area contributed by atoms with Crippen LogP contribution in [0.3, 0.4) is 0 Å². The van der Waals surface area contributed by atoms with Crippen molar-refractivity contribution in [2.24, 2.45) is 5.73 Å². The Bertz CT molecular complexity index is 1000. The molecule has 3 rings (SSSR count). The number of hydrogen-bond acceptors (Lipinski definition) is 7. The molecule has 184 valence electrons. The number of halogens is 1. The number of aliphatic hydroxyl groups excluding tert-OH is 1. The van der Waals surface area contributed by atoms with E-state index in [2.05, 4.69) is 5.32 Å². The number of carboxylic acid groups (broad SMARTS) is 1. The molecule has 0 spiro atoms. The normalized spacial score (nSPS) is 17.1. The zero-order valence-corrected chi connectivity index (χ0v) is 19.1. The first-order chi connectivity index (χ1) is 16.3. The van der Waals surface area contributed by atoms with E-state index >= 15 is 4.39 Å². The highest BCUT2D eigenvalue weighted by Gasteiger charge is 2.29. The minimum atomic E-state index is -1.41. The van der Waals surface area contributed by atoms with Crippen LogP contribution in [0.15, 0.2) is 36.4 Å². The van der Waals surface area contributed by atoms with Crippen molar-refractivity contribution in [1.82, 2.24) is 4.90 Å². The van der Waals surface area contributed by atoms with Crippen molar-refractivity contribution in [1.29, 1.82) is 5.41 Å². The van der Waals surface area contributed by atoms with E-state index in [4.69, 9.17) is 20.6 Å². The largest absolute Gasteiger partial charge is 0.494 e. The molecule has 1 aliphatic heterocycles. The molecule has 9 nitrogen and oxygen atoms in total. The number of rotatable bonds is 11. The highest BCUT2D eigenvalue weighted by atomic mass is 19.1. The van der Waals surface area contributed by atoms with Crippen molar-refractivity contribution in [2.45, 2.75) is 31.9 Å². The number of hydrogen-bond donors (Lipinski definition) is 5. The lowest BCUT2D eigenvalue weighted by molar-refractivity contribution is -0.138. The van der Waals surface area contributed by atoms with Crippen molar-refractivity contribution in [3.63, 3.8) is 0 Å². The third-order valence-corrected chi connectivity index (χ3v) is 5.59. The Labute approximate surface area is 197 Å². The maximum Gasteiger partial charge on any atom is 0.330 e. The topological polar surface area (TPSA) is 141 Å². The minimum Gasteiger partial charge on any atom is -0.494 e. The van der Waals surface area contributed by atoms with Crippen LogP contribution in [0.5, 0.6) is 11.5 Å². The zero-order valence-electron chi connectivity index (χ0n) is 19.1. The predicted octanol–water partition coefficient (Wildman–Crippen LogP) is 2.58. The first kappa shape index (κ1) is 25.3. The van der Waals surface area contributed by atoms with E-state index < -0.39 is 17.8 Å². The van der Waals surface area contributed by atoms with Crippen molar-refractivity contribution >= 4 is 17.5 Å². The first-order valence-corrected chi connectivity index (χ1v) is 11.2. The number of benzene rings is 2. The molecule has 2 atom stereocenters. The maximum atomic E-state index is 15.6. The molecule has 6 N–H and O–H groups in total. The Morgan fingerprint density at radius 3 is 2.71 bits per heavy atom. The van der Waals surface area contributed by atoms with Gasteiger partial charge in [-0.05, 0) is 56.6 Å². The molecule has 2 aromatic rings. The van der Waals surface area contributed by atoms with Gasteiger partial charge in [0.25, 0.3) is 0 Å². The highest BCUT2D eigenvalue weighted by molar-refractivity contribution is 5.95. The van der Waals surface area contributed by atoms with Gasteiger partial charge in [-0.15, -0.1) is 0 Å². The lowest BCUT2D eigenvalue weighted by Crippen LogP contribution is -2.42. The second-order valence-corrected chi connectivity index (χ2v) is 8.07. The number of ether oxygens (including phenoxy) is 2. The lowest BCUT2D eigenvalue weighted by Gasteiger charge is -2.32. The highest BCUT2D eigenvalue weighted by Crippen LogP contribution is 2.34. The summed E-state index contributed by atoms with van der Waals surface area (Å²) in [4.78, 5) is 14.2. The molecule has 0 radical (unpaired) electrons. The Kier molecular flexibility index (Phi) is 8.67. The second-order valence-electron chi connectivity index (χ2n) is 8.07. The molecule has 0 aromatic heterocycles. The Morgan fingerprint density at radius 1 is 1.35 bits per heavy atom. The van der Waals surface area contributed by atoms with Crippen LogP contribution in [0, 0.1) is 11.2 Å². The van der Waals surface area contributed by atoms with Gasteiger partial charge in [0.2, 0.25) is 0 Å². The van der Waals surface area contributed by atoms with Crippen LogP contribution in [-0.4, -0.2) is 65.9 Å². The van der Waals surface area contributed by atoms with E-state index in [9.17, 15) is 15.0 Å². The summed E-state index contributed by atoms with van der Waals surface area (Å²) in [7, 11) is 0. The van der Waals surface area contributed by atoms with Gasteiger partial charge in [0, 0.05) is 36.0 Å². The summed E-state index contributed by atoms with van der Waals surface area (Å²) in [6.45, 7) is 4.01. The van der Waals surface area contributed by atoms with Crippen LogP contribution in [0.25, 0.3) is 0 Å². The number of aliphatic hydroxyl groups is 1. The van der Waals surface area contributed by atoms with Gasteiger partial charge in [0.1, 0.15) is 17.7 Å². The fourth-order valence-electron chi connectivity index (χ4n) is 3.96. The Morgan fingerprint density at radius 2 is 2.09 bits per heavy atom. The van der Waals surface area contributed by atoms with Gasteiger partial charge < -0.3 is 30.7 Å². The molecular formula is C24H31FN4O5. The summed E-state index contributed by atoms with van der Waals surface area (Å²) >= 11 is 0. The number of carboxylic acids is 1. The molecule has 2 unspecified atom stereocenters. The molecule has 34 heavy (non-hydrogen) atoms. The smallest absolute Gasteiger partial charge is 0.330 e. The Hall–Kier alpha value is -3.37. The van der Waals surface area contributed by atoms with Crippen LogP contribution in [0.2, 0.25) is 0 Å². The lowest BCUT2D eigenvalue weighted by atomic mass is 10.0. The van der Waals surface area contributed by atoms with Crippen molar-refractivity contribution in [2.75, 3.05) is 38.2 Å². The molecule has 1 aliphatic rings. The fourth-order valence-corrected chi connectivity index (χ4v) is 3.96. The third-order valence-electron chi connectivity index (χ3n) is 5.59. The molecule has 1 saturated heterocycles. The average molecular weight is 475 g/mol. The van der Waals surface area contributed by atoms with E-state index in [1.165, 1.54) is 12.1 Å². The summed E-state index contributed by atoms with van der Waals surface area (Å²) in [6, 6.07) is 7.69. The van der Waals surface area contributed by atoms with E-state index in [0.717, 1.165) is 19.4 Å². The van der Waals surface area contributed by atoms with Crippen molar-refractivity contribution in [3.8, 4) is 11.5 Å². The van der Waals surface area contributed by atoms with Crippen molar-refractivity contribution < 1.29 is 28.9 Å². The molecular weight excluding hydrogens is 443 g/mol. The van der Waals surface area contributed by atoms with Gasteiger partial charge in [-0.25, -0.2) is 9.18 Å². The predicted molar refractivity (Wildman–Crippen MR) is 126 cm³/mol. The molecule has 10 heteroatoms. The van der Waals surface area contributed by atoms with Crippen LogP contribution in [-0.2, 0) is 4.79 Å². The van der Waals surface area contributed by atoms with Crippen LogP contribution >= 0.6 is 0 Å². The zero-order chi connectivity index (χ0) is 24.7. The fraction of sp³-hybridized carbons (Fsp3) is 0.417. The summed E-state index contributed by atoms with van der Waals surface area (Å²) in [5.41, 5.74) is 6.26. The monoisotopic (exact) mass is 474 g/mol. The van der Waals surface area contributed by atoms with E-state index in [1.807, 2.05) is 4.90 Å². The second kappa shape index (κ2) is 11.7. The molecule has 0 bridgehead atoms. The number of amidine groups is 1. The molecule has 2 aromatic carbocycles. The molecule has 1 heterocycles. The van der Waals surface area contributed by atoms with E-state index in [-0.39, 0.29) is 29.9 Å². The molecule has 0 amide bonds. The van der Waals surface area contributed by atoms with E-state index in [0.29, 0.717) is 36.7 Å². The number of nitrogens with zero attached hydrogens (tertiary/aromatic N) is 1. The summed E-state index contributed by atoms with van der Waals surface area (Å²) in [5.74, 6) is -1.93. The van der Waals surface area contributed by atoms with Gasteiger partial charge in [0.05, 0.1) is 13.2 Å². The number of nitrogen functional groups attached to an aromatic ring is 1. The third kappa shape index (κ3) is 6.36. The average Bonchev–Trinajstić information content (AvgIpc) is 2.80. The van der Waals surface area contributed by atoms with Crippen molar-refractivity contribution in [3.05, 3.63) is 53.3 Å². The van der Waals surface area contributed by atoms with Crippen LogP contribution in [0.4, 0.5) is 10.1 Å². The molecule has 1 fully saturated rings. The maximum absolute atomic E-state index is 15.6. The summed E-state index contributed by atoms with van der Waals surface area (Å²) < 4.78 is 27.1. The minimum absolute atomic E-state index is 0.0322. The number of aliphatic carboxylic acids is 1. The Balaban J connectivity index is 1.90. The number of anilines is 1. The summed E-state index contributed by atoms with van der Waals surface area (Å²) in [5, 5.41) is 29.4. The first-order valence-electron chi connectivity index (χ1n) is 11.2. The van der Waals surface area contributed by atoms with Gasteiger partial charge in [-0.2, -0.15) is 0 Å². The number of nitrogens with two attached hydrogens (primary N) is 1. The number of nitrogens with one attached hydrogen (secondary N) is 2. The van der Waals surface area contributed by atoms with Gasteiger partial charge in [0.15, 0.2) is 17.6 Å². The van der Waals surface area contributed by atoms with Gasteiger partial charge in [-0.3, -0.25) is 10.3 Å². The van der Waals surface area contributed by atoms with Gasteiger partial charge >= 0.3 is 5.97 Å². The van der Waals surface area contributed by atoms with Crippen LogP contribution < -0.4 is 20.5 Å². The summed E-state index contributed by atoms with van der Waals surface area (Å²) in [6.07, 6.45) is 1.27. The standard InChI is InChI=1S/C24H31FN4O5/c1-2-33-18-12-19(22(24(31)32)28-16-7-5-15(6-8-16)23(26)27)21(25)20(13-18)34-17-4-3-9-29(14-17)10-11-30/h5-8,12-13,17,22,28,30H,2-4,9-11,14H2,1H3,(H3,26,27)(H,31,32). The number of piperidine rings is 1. The number of carbonyl (C=O) groups is 1. The SMILES string of the molecule is CCOc1cc(OC2CCCN(CCO)C2)c(F)c(C(Nc2ccc(C(=N)N)cc2)C(=O)O)c1. The van der Waals surface area contributed by atoms with Gasteiger partial charge in [-0.1, -0.05) is 0 Å². The van der Waals surface area contributed by atoms with E-state index in [1.54, 1.807) is 31.2 Å². The number of likely N-dealkylation sites (tertiary alicyclic amines) is 1. The number of β-amino-alcohol motifs (C(OH)–C–C–N with tert-alkyl or cyclic N) is 1. The molecule has 0 saturated carbocycles. The quantitative estimate of drug-likeness (QED) is 0.247.